The zero-order valence-electron chi connectivity index (χ0n) is 16.8. The minimum absolute atomic E-state index is 0.306. The highest BCUT2D eigenvalue weighted by Gasteiger charge is 2.21. The minimum atomic E-state index is -0.306. The fourth-order valence-corrected chi connectivity index (χ4v) is 3.91. The zero-order chi connectivity index (χ0) is 20.7. The number of benzene rings is 2. The summed E-state index contributed by atoms with van der Waals surface area (Å²) < 4.78 is 16.0. The van der Waals surface area contributed by atoms with E-state index in [0.717, 1.165) is 36.3 Å². The first-order valence-electron chi connectivity index (χ1n) is 10.4. The molecule has 0 unspecified atom stereocenters. The molecule has 2 aromatic heterocycles. The highest BCUT2D eigenvalue weighted by atomic mass is 35.5. The largest absolute Gasteiger partial charge is 0.367 e. The predicted molar refractivity (Wildman–Crippen MR) is 120 cm³/mol. The Hall–Kier alpha value is -2.70. The van der Waals surface area contributed by atoms with Crippen LogP contribution in [0.4, 0.5) is 10.2 Å². The quantitative estimate of drug-likeness (QED) is 0.417. The van der Waals surface area contributed by atoms with Gasteiger partial charge in [-0.15, -0.1) is 0 Å². The fourth-order valence-electron chi connectivity index (χ4n) is 3.66. The Labute approximate surface area is 179 Å². The summed E-state index contributed by atoms with van der Waals surface area (Å²) in [6.45, 7) is 3.64. The third-order valence-electron chi connectivity index (χ3n) is 5.43. The second kappa shape index (κ2) is 7.85. The number of anilines is 1. The van der Waals surface area contributed by atoms with Crippen molar-refractivity contribution in [1.29, 1.82) is 0 Å². The van der Waals surface area contributed by atoms with Gasteiger partial charge in [-0.3, -0.25) is 4.40 Å². The van der Waals surface area contributed by atoms with E-state index in [0.29, 0.717) is 33.6 Å². The first kappa shape index (κ1) is 19.3. The van der Waals surface area contributed by atoms with Gasteiger partial charge in [0.15, 0.2) is 11.5 Å². The number of fused-ring (bicyclic) bond motifs is 3. The van der Waals surface area contributed by atoms with Crippen LogP contribution < -0.4 is 10.6 Å². The average Bonchev–Trinajstić information content (AvgIpc) is 3.47. The summed E-state index contributed by atoms with van der Waals surface area (Å²) >= 11 is 6.59. The first-order valence-corrected chi connectivity index (χ1v) is 10.7. The summed E-state index contributed by atoms with van der Waals surface area (Å²) in [6, 6.07) is 11.3. The molecule has 0 amide bonds. The van der Waals surface area contributed by atoms with Crippen LogP contribution in [-0.4, -0.2) is 27.0 Å². The normalized spacial score (nSPS) is 14.0. The standard InChI is InChI=1S/C23H23ClFN5/c1-2-9-26-22-23-28-13-21(30(23)20-11-16(25)5-8-19(20)29-22)14-3-4-15(18(24)10-14)12-27-17-6-7-17/h3-5,8,10-11,13,17,27H,2,6-7,9,12H2,1H3,(H,26,29). The van der Waals surface area contributed by atoms with Gasteiger partial charge >= 0.3 is 0 Å². The molecule has 5 rings (SSSR count). The van der Waals surface area contributed by atoms with E-state index in [1.807, 2.05) is 22.6 Å². The van der Waals surface area contributed by atoms with Crippen molar-refractivity contribution in [3.05, 3.63) is 59.0 Å². The molecule has 1 fully saturated rings. The second-order valence-corrected chi connectivity index (χ2v) is 8.19. The second-order valence-electron chi connectivity index (χ2n) is 7.78. The molecular formula is C23H23ClFN5. The number of rotatable bonds is 7. The van der Waals surface area contributed by atoms with Gasteiger partial charge in [-0.1, -0.05) is 30.7 Å². The van der Waals surface area contributed by atoms with Crippen molar-refractivity contribution in [2.45, 2.75) is 38.8 Å². The van der Waals surface area contributed by atoms with Crippen LogP contribution in [0.2, 0.25) is 5.02 Å². The van der Waals surface area contributed by atoms with Gasteiger partial charge in [0.1, 0.15) is 5.82 Å². The topological polar surface area (TPSA) is 54.2 Å². The summed E-state index contributed by atoms with van der Waals surface area (Å²) in [4.78, 5) is 9.28. The van der Waals surface area contributed by atoms with Crippen molar-refractivity contribution in [2.75, 3.05) is 11.9 Å². The van der Waals surface area contributed by atoms with Crippen molar-refractivity contribution in [3.8, 4) is 11.3 Å². The van der Waals surface area contributed by atoms with Crippen molar-refractivity contribution in [2.24, 2.45) is 0 Å². The van der Waals surface area contributed by atoms with E-state index in [1.165, 1.54) is 25.0 Å². The molecule has 154 valence electrons. The lowest BCUT2D eigenvalue weighted by Gasteiger charge is -2.12. The number of nitrogens with one attached hydrogen (secondary N) is 2. The van der Waals surface area contributed by atoms with Gasteiger partial charge in [-0.2, -0.15) is 0 Å². The molecule has 1 saturated carbocycles. The van der Waals surface area contributed by atoms with Crippen molar-refractivity contribution < 1.29 is 4.39 Å². The lowest BCUT2D eigenvalue weighted by molar-refractivity contribution is 0.629. The summed E-state index contributed by atoms with van der Waals surface area (Å²) in [5.41, 5.74) is 4.91. The third-order valence-corrected chi connectivity index (χ3v) is 5.79. The van der Waals surface area contributed by atoms with Crippen molar-refractivity contribution in [1.82, 2.24) is 19.7 Å². The molecular weight excluding hydrogens is 401 g/mol. The molecule has 2 aromatic carbocycles. The average molecular weight is 424 g/mol. The summed E-state index contributed by atoms with van der Waals surface area (Å²) in [6.07, 6.45) is 5.24. The van der Waals surface area contributed by atoms with E-state index >= 15 is 0 Å². The Kier molecular flexibility index (Phi) is 5.05. The molecule has 0 saturated heterocycles. The lowest BCUT2D eigenvalue weighted by atomic mass is 10.1. The Bertz CT molecular complexity index is 1230. The molecule has 0 aliphatic heterocycles. The van der Waals surface area contributed by atoms with E-state index in [2.05, 4.69) is 27.5 Å². The number of halogens is 2. The number of imidazole rings is 1. The number of aromatic nitrogens is 3. The minimum Gasteiger partial charge on any atom is -0.367 e. The number of hydrogen-bond acceptors (Lipinski definition) is 4. The van der Waals surface area contributed by atoms with Gasteiger partial charge in [-0.05, 0) is 43.0 Å². The van der Waals surface area contributed by atoms with E-state index in [4.69, 9.17) is 11.6 Å². The maximum atomic E-state index is 14.1. The molecule has 1 aliphatic rings. The highest BCUT2D eigenvalue weighted by Crippen LogP contribution is 2.31. The van der Waals surface area contributed by atoms with Gasteiger partial charge in [0.2, 0.25) is 0 Å². The molecule has 0 atom stereocenters. The number of hydrogen-bond donors (Lipinski definition) is 2. The maximum Gasteiger partial charge on any atom is 0.181 e. The highest BCUT2D eigenvalue weighted by molar-refractivity contribution is 6.31. The fraction of sp³-hybridized carbons (Fsp3) is 0.304. The molecule has 4 aromatic rings. The lowest BCUT2D eigenvalue weighted by Crippen LogP contribution is -2.15. The SMILES string of the molecule is CCCNc1nc2ccc(F)cc2n2c(-c3ccc(CNC4CC4)c(Cl)c3)cnc12. The maximum absolute atomic E-state index is 14.1. The monoisotopic (exact) mass is 423 g/mol. The molecule has 1 aliphatic carbocycles. The van der Waals surface area contributed by atoms with E-state index in [-0.39, 0.29) is 5.82 Å². The van der Waals surface area contributed by atoms with Crippen LogP contribution in [-0.2, 0) is 6.54 Å². The molecule has 2 heterocycles. The van der Waals surface area contributed by atoms with Gasteiger partial charge in [0, 0.05) is 35.8 Å². The molecule has 30 heavy (non-hydrogen) atoms. The van der Waals surface area contributed by atoms with Crippen molar-refractivity contribution in [3.63, 3.8) is 0 Å². The van der Waals surface area contributed by atoms with Crippen LogP contribution in [0.15, 0.2) is 42.6 Å². The summed E-state index contributed by atoms with van der Waals surface area (Å²) in [5, 5.41) is 7.55. The van der Waals surface area contributed by atoms with Gasteiger partial charge in [0.25, 0.3) is 0 Å². The smallest absolute Gasteiger partial charge is 0.181 e. The van der Waals surface area contributed by atoms with E-state index in [1.54, 1.807) is 12.3 Å². The first-order chi connectivity index (χ1) is 14.6. The molecule has 0 bridgehead atoms. The number of nitrogens with zero attached hydrogens (tertiary/aromatic N) is 3. The van der Waals surface area contributed by atoms with Crippen LogP contribution in [0.3, 0.4) is 0 Å². The Balaban J connectivity index is 1.63. The van der Waals surface area contributed by atoms with Crippen LogP contribution in [0.5, 0.6) is 0 Å². The van der Waals surface area contributed by atoms with Crippen LogP contribution in [0.25, 0.3) is 27.9 Å². The molecule has 0 spiro atoms. The van der Waals surface area contributed by atoms with Gasteiger partial charge < -0.3 is 10.6 Å². The van der Waals surface area contributed by atoms with Crippen molar-refractivity contribution >= 4 is 34.1 Å². The van der Waals surface area contributed by atoms with E-state index < -0.39 is 0 Å². The third kappa shape index (κ3) is 3.61. The Morgan fingerprint density at radius 3 is 2.83 bits per heavy atom. The van der Waals surface area contributed by atoms with Gasteiger partial charge in [0.05, 0.1) is 22.9 Å². The molecule has 7 heteroatoms. The Morgan fingerprint density at radius 1 is 1.20 bits per heavy atom. The van der Waals surface area contributed by atoms with Crippen LogP contribution in [0.1, 0.15) is 31.7 Å². The van der Waals surface area contributed by atoms with Gasteiger partial charge in [-0.25, -0.2) is 14.4 Å². The molecule has 0 radical (unpaired) electrons. The van der Waals surface area contributed by atoms with Crippen LogP contribution in [0, 0.1) is 5.82 Å². The predicted octanol–water partition coefficient (Wildman–Crippen LogP) is 5.42. The molecule has 5 nitrogen and oxygen atoms in total. The summed E-state index contributed by atoms with van der Waals surface area (Å²) in [7, 11) is 0. The Morgan fingerprint density at radius 2 is 2.07 bits per heavy atom. The van der Waals surface area contributed by atoms with E-state index in [9.17, 15) is 4.39 Å². The molecule has 2 N–H and O–H groups in total. The summed E-state index contributed by atoms with van der Waals surface area (Å²) in [5.74, 6) is 0.387. The zero-order valence-corrected chi connectivity index (χ0v) is 17.5. The van der Waals surface area contributed by atoms with Crippen LogP contribution >= 0.6 is 11.6 Å².